The third kappa shape index (κ3) is 5.93. The van der Waals surface area contributed by atoms with E-state index in [0.717, 1.165) is 68.8 Å². The number of nitrogens with one attached hydrogen (secondary N) is 1. The summed E-state index contributed by atoms with van der Waals surface area (Å²) in [5.74, 6) is 6.24. The van der Waals surface area contributed by atoms with Crippen molar-refractivity contribution in [1.29, 1.82) is 0 Å². The SMILES string of the molecule is O=C(CCCCC1=CCN=C1)c1ccc(N2CCNCC2)c(C#Cc2ccc(F)cc2)c1. The molecule has 0 spiro atoms. The highest BCUT2D eigenvalue weighted by molar-refractivity contribution is 5.97. The van der Waals surface area contributed by atoms with Crippen LogP contribution in [0, 0.1) is 17.7 Å². The number of Topliss-reactive ketones (excluding diaryl/α,β-unsaturated/α-hetero) is 1. The molecule has 2 aliphatic heterocycles. The topological polar surface area (TPSA) is 44.7 Å². The van der Waals surface area contributed by atoms with Crippen LogP contribution in [-0.4, -0.2) is 44.7 Å². The van der Waals surface area contributed by atoms with Gasteiger partial charge in [0.1, 0.15) is 5.82 Å². The van der Waals surface area contributed by atoms with Crippen LogP contribution < -0.4 is 10.2 Å². The van der Waals surface area contributed by atoms with Crippen molar-refractivity contribution in [3.05, 3.63) is 76.6 Å². The summed E-state index contributed by atoms with van der Waals surface area (Å²) in [5, 5.41) is 3.37. The molecule has 0 saturated carbocycles. The van der Waals surface area contributed by atoms with Gasteiger partial charge in [-0.25, -0.2) is 4.39 Å². The summed E-state index contributed by atoms with van der Waals surface area (Å²) in [6.45, 7) is 4.43. The Hall–Kier alpha value is -3.23. The molecule has 2 aromatic carbocycles. The van der Waals surface area contributed by atoms with Gasteiger partial charge in [0.05, 0.1) is 12.2 Å². The maximum Gasteiger partial charge on any atom is 0.162 e. The van der Waals surface area contributed by atoms with Gasteiger partial charge in [0.2, 0.25) is 0 Å². The van der Waals surface area contributed by atoms with Crippen molar-refractivity contribution in [2.75, 3.05) is 37.6 Å². The summed E-state index contributed by atoms with van der Waals surface area (Å²) < 4.78 is 13.2. The van der Waals surface area contributed by atoms with Gasteiger partial charge in [-0.2, -0.15) is 0 Å². The van der Waals surface area contributed by atoms with E-state index in [2.05, 4.69) is 33.1 Å². The van der Waals surface area contributed by atoms with Crippen LogP contribution in [0.5, 0.6) is 0 Å². The number of ketones is 1. The van der Waals surface area contributed by atoms with Crippen LogP contribution in [-0.2, 0) is 0 Å². The van der Waals surface area contributed by atoms with Crippen LogP contribution in [0.15, 0.2) is 59.1 Å². The molecule has 0 bridgehead atoms. The minimum absolute atomic E-state index is 0.149. The van der Waals surface area contributed by atoms with E-state index in [1.807, 2.05) is 24.4 Å². The van der Waals surface area contributed by atoms with Gasteiger partial charge in [0.15, 0.2) is 5.78 Å². The lowest BCUT2D eigenvalue weighted by atomic mass is 9.99. The molecular formula is C27H28FN3O. The van der Waals surface area contributed by atoms with Crippen molar-refractivity contribution in [2.45, 2.75) is 25.7 Å². The van der Waals surface area contributed by atoms with Gasteiger partial charge in [0, 0.05) is 55.5 Å². The van der Waals surface area contributed by atoms with E-state index in [9.17, 15) is 9.18 Å². The van der Waals surface area contributed by atoms with E-state index in [1.54, 1.807) is 12.1 Å². The first-order valence-electron chi connectivity index (χ1n) is 11.3. The van der Waals surface area contributed by atoms with E-state index < -0.39 is 0 Å². The number of anilines is 1. The highest BCUT2D eigenvalue weighted by atomic mass is 19.1. The van der Waals surface area contributed by atoms with Crippen LogP contribution >= 0.6 is 0 Å². The molecule has 0 amide bonds. The molecule has 1 fully saturated rings. The summed E-state index contributed by atoms with van der Waals surface area (Å²) in [6.07, 6.45) is 7.43. The number of aliphatic imine (C=N–C) groups is 1. The second kappa shape index (κ2) is 10.9. The number of allylic oxidation sites excluding steroid dienone is 1. The molecule has 2 aliphatic rings. The molecule has 0 aliphatic carbocycles. The minimum atomic E-state index is -0.277. The molecule has 0 radical (unpaired) electrons. The predicted octanol–water partition coefficient (Wildman–Crippen LogP) is 4.39. The number of unbranched alkanes of at least 4 members (excludes halogenated alkanes) is 1. The van der Waals surface area contributed by atoms with Crippen molar-refractivity contribution in [3.8, 4) is 11.8 Å². The average molecular weight is 430 g/mol. The lowest BCUT2D eigenvalue weighted by molar-refractivity contribution is 0.0979. The van der Waals surface area contributed by atoms with Crippen LogP contribution in [0.2, 0.25) is 0 Å². The molecule has 32 heavy (non-hydrogen) atoms. The Labute approximate surface area is 189 Å². The van der Waals surface area contributed by atoms with Gasteiger partial charge in [0.25, 0.3) is 0 Å². The van der Waals surface area contributed by atoms with Gasteiger partial charge in [-0.3, -0.25) is 9.79 Å². The molecule has 0 unspecified atom stereocenters. The Bertz CT molecular complexity index is 1070. The number of piperazine rings is 1. The Kier molecular flexibility index (Phi) is 7.47. The Morgan fingerprint density at radius 2 is 1.88 bits per heavy atom. The first-order valence-corrected chi connectivity index (χ1v) is 11.3. The van der Waals surface area contributed by atoms with Crippen LogP contribution in [0.1, 0.15) is 47.2 Å². The van der Waals surface area contributed by atoms with Crippen molar-refractivity contribution in [3.63, 3.8) is 0 Å². The standard InChI is InChI=1S/C27H28FN3O/c28-25-10-6-21(7-11-25)5-8-23-19-24(9-12-26(23)31-17-15-29-16-18-31)27(32)4-2-1-3-22-13-14-30-20-22/h6-7,9-13,19-20,29H,1-4,14-18H2. The molecule has 2 heterocycles. The molecule has 4 nitrogen and oxygen atoms in total. The second-order valence-corrected chi connectivity index (χ2v) is 8.13. The average Bonchev–Trinajstić information content (AvgIpc) is 3.35. The second-order valence-electron chi connectivity index (χ2n) is 8.13. The molecular weight excluding hydrogens is 401 g/mol. The third-order valence-electron chi connectivity index (χ3n) is 5.80. The quantitative estimate of drug-likeness (QED) is 0.403. The maximum absolute atomic E-state index is 13.2. The highest BCUT2D eigenvalue weighted by Gasteiger charge is 2.16. The fourth-order valence-corrected chi connectivity index (χ4v) is 3.98. The third-order valence-corrected chi connectivity index (χ3v) is 5.80. The summed E-state index contributed by atoms with van der Waals surface area (Å²) in [4.78, 5) is 19.3. The number of rotatable bonds is 7. The van der Waals surface area contributed by atoms with Gasteiger partial charge in [-0.15, -0.1) is 0 Å². The zero-order valence-corrected chi connectivity index (χ0v) is 18.2. The number of carbonyl (C=O) groups excluding carboxylic acids is 1. The van der Waals surface area contributed by atoms with Crippen molar-refractivity contribution in [1.82, 2.24) is 5.32 Å². The molecule has 1 saturated heterocycles. The van der Waals surface area contributed by atoms with Gasteiger partial charge >= 0.3 is 0 Å². The van der Waals surface area contributed by atoms with Crippen LogP contribution in [0.25, 0.3) is 0 Å². The highest BCUT2D eigenvalue weighted by Crippen LogP contribution is 2.23. The summed E-state index contributed by atoms with van der Waals surface area (Å²) >= 11 is 0. The minimum Gasteiger partial charge on any atom is -0.368 e. The predicted molar refractivity (Wildman–Crippen MR) is 128 cm³/mol. The summed E-state index contributed by atoms with van der Waals surface area (Å²) in [6, 6.07) is 12.0. The zero-order chi connectivity index (χ0) is 22.2. The van der Waals surface area contributed by atoms with Crippen molar-refractivity contribution < 1.29 is 9.18 Å². The van der Waals surface area contributed by atoms with Crippen molar-refractivity contribution >= 4 is 17.7 Å². The lowest BCUT2D eigenvalue weighted by Crippen LogP contribution is -2.43. The van der Waals surface area contributed by atoms with Crippen LogP contribution in [0.3, 0.4) is 0 Å². The van der Waals surface area contributed by atoms with Gasteiger partial charge < -0.3 is 10.2 Å². The van der Waals surface area contributed by atoms with E-state index in [1.165, 1.54) is 17.7 Å². The fourth-order valence-electron chi connectivity index (χ4n) is 3.98. The van der Waals surface area contributed by atoms with E-state index in [4.69, 9.17) is 0 Å². The van der Waals surface area contributed by atoms with Gasteiger partial charge in [-0.1, -0.05) is 17.9 Å². The monoisotopic (exact) mass is 429 g/mol. The smallest absolute Gasteiger partial charge is 0.162 e. The lowest BCUT2D eigenvalue weighted by Gasteiger charge is -2.30. The fraction of sp³-hybridized carbons (Fsp3) is 0.333. The largest absolute Gasteiger partial charge is 0.368 e. The summed E-state index contributed by atoms with van der Waals surface area (Å²) in [7, 11) is 0. The Morgan fingerprint density at radius 3 is 2.62 bits per heavy atom. The first kappa shape index (κ1) is 22.0. The van der Waals surface area contributed by atoms with E-state index in [0.29, 0.717) is 12.0 Å². The molecule has 164 valence electrons. The molecule has 0 aromatic heterocycles. The zero-order valence-electron chi connectivity index (χ0n) is 18.2. The summed E-state index contributed by atoms with van der Waals surface area (Å²) in [5.41, 5.74) is 4.61. The van der Waals surface area contributed by atoms with Crippen molar-refractivity contribution in [2.24, 2.45) is 4.99 Å². The first-order chi connectivity index (χ1) is 15.7. The molecule has 2 aromatic rings. The van der Waals surface area contributed by atoms with E-state index in [-0.39, 0.29) is 11.6 Å². The number of benzene rings is 2. The number of nitrogens with zero attached hydrogens (tertiary/aromatic N) is 2. The normalized spacial score (nSPS) is 15.3. The number of hydrogen-bond donors (Lipinski definition) is 1. The Morgan fingerprint density at radius 1 is 1.06 bits per heavy atom. The number of carbonyl (C=O) groups is 1. The molecule has 0 atom stereocenters. The Balaban J connectivity index is 1.49. The molecule has 1 N–H and O–H groups in total. The van der Waals surface area contributed by atoms with Gasteiger partial charge in [-0.05, 0) is 67.3 Å². The number of hydrogen-bond acceptors (Lipinski definition) is 4. The van der Waals surface area contributed by atoms with E-state index >= 15 is 0 Å². The maximum atomic E-state index is 13.2. The molecule has 5 heteroatoms. The molecule has 4 rings (SSSR count). The number of halogens is 1. The van der Waals surface area contributed by atoms with Crippen LogP contribution in [0.4, 0.5) is 10.1 Å².